The molecule has 0 aromatic carbocycles. The fraction of sp³-hybridized carbons (Fsp3) is 0.400. The quantitative estimate of drug-likeness (QED) is 0.944. The van der Waals surface area contributed by atoms with E-state index >= 15 is 0 Å². The summed E-state index contributed by atoms with van der Waals surface area (Å²) in [4.78, 5) is 9.65. The highest BCUT2D eigenvalue weighted by molar-refractivity contribution is 7.11. The van der Waals surface area contributed by atoms with Crippen LogP contribution in [-0.4, -0.2) is 29.5 Å². The van der Waals surface area contributed by atoms with Crippen LogP contribution in [0.1, 0.15) is 21.4 Å². The first-order valence-electron chi connectivity index (χ1n) is 6.73. The Labute approximate surface area is 130 Å². The molecule has 3 heterocycles. The first-order chi connectivity index (χ1) is 9.33. The second-order valence-corrected chi connectivity index (χ2v) is 6.36. The molecule has 0 radical (unpaired) electrons. The number of rotatable bonds is 3. The minimum absolute atomic E-state index is 0. The molecule has 1 fully saturated rings. The minimum atomic E-state index is 0. The zero-order chi connectivity index (χ0) is 13.1. The Morgan fingerprint density at radius 1 is 1.40 bits per heavy atom. The van der Waals surface area contributed by atoms with E-state index in [1.54, 1.807) is 0 Å². The van der Waals surface area contributed by atoms with Gasteiger partial charge in [-0.05, 0) is 30.7 Å². The lowest BCUT2D eigenvalue weighted by Gasteiger charge is -2.36. The fourth-order valence-corrected chi connectivity index (χ4v) is 3.52. The first-order valence-corrected chi connectivity index (χ1v) is 7.54. The molecular formula is C15H20ClN3S. The summed E-state index contributed by atoms with van der Waals surface area (Å²) in [6.45, 7) is 6.39. The Bertz CT molecular complexity index is 529. The van der Waals surface area contributed by atoms with E-state index in [1.165, 1.54) is 15.3 Å². The van der Waals surface area contributed by atoms with Crippen molar-refractivity contribution in [2.45, 2.75) is 19.5 Å². The molecule has 0 bridgehead atoms. The largest absolute Gasteiger partial charge is 0.314 e. The van der Waals surface area contributed by atoms with Crippen molar-refractivity contribution >= 4 is 23.7 Å². The van der Waals surface area contributed by atoms with Crippen LogP contribution in [0.5, 0.6) is 0 Å². The summed E-state index contributed by atoms with van der Waals surface area (Å²) in [5.41, 5.74) is 1.31. The summed E-state index contributed by atoms with van der Waals surface area (Å²) in [6, 6.07) is 9.10. The summed E-state index contributed by atoms with van der Waals surface area (Å²) >= 11 is 1.90. The molecule has 20 heavy (non-hydrogen) atoms. The molecule has 1 unspecified atom stereocenters. The second kappa shape index (κ2) is 7.18. The number of piperazine rings is 1. The maximum Gasteiger partial charge on any atom is 0.0492 e. The van der Waals surface area contributed by atoms with Crippen molar-refractivity contribution in [2.24, 2.45) is 0 Å². The molecule has 1 atom stereocenters. The van der Waals surface area contributed by atoms with Crippen LogP contribution in [0.25, 0.3) is 0 Å². The summed E-state index contributed by atoms with van der Waals surface area (Å²) in [5, 5.41) is 3.49. The van der Waals surface area contributed by atoms with Crippen LogP contribution in [0.3, 0.4) is 0 Å². The van der Waals surface area contributed by atoms with Gasteiger partial charge in [-0.2, -0.15) is 0 Å². The van der Waals surface area contributed by atoms with Crippen molar-refractivity contribution in [3.8, 4) is 0 Å². The number of halogens is 1. The summed E-state index contributed by atoms with van der Waals surface area (Å²) < 4.78 is 0. The van der Waals surface area contributed by atoms with Gasteiger partial charge in [0.15, 0.2) is 0 Å². The predicted octanol–water partition coefficient (Wildman–Crippen LogP) is 3.02. The summed E-state index contributed by atoms with van der Waals surface area (Å²) in [7, 11) is 0. The van der Waals surface area contributed by atoms with Crippen LogP contribution in [0.2, 0.25) is 0 Å². The average molecular weight is 310 g/mol. The van der Waals surface area contributed by atoms with Gasteiger partial charge in [-0.1, -0.05) is 6.07 Å². The molecule has 108 valence electrons. The van der Waals surface area contributed by atoms with Gasteiger partial charge in [0, 0.05) is 54.4 Å². The molecule has 1 aliphatic heterocycles. The number of thiophene rings is 1. The van der Waals surface area contributed by atoms with Crippen LogP contribution in [0.15, 0.2) is 36.7 Å². The van der Waals surface area contributed by atoms with Gasteiger partial charge in [0.1, 0.15) is 0 Å². The molecule has 1 N–H and O–H groups in total. The molecule has 0 saturated carbocycles. The monoisotopic (exact) mass is 309 g/mol. The molecule has 0 aliphatic carbocycles. The van der Waals surface area contributed by atoms with Gasteiger partial charge in [0.25, 0.3) is 0 Å². The van der Waals surface area contributed by atoms with Gasteiger partial charge in [-0.3, -0.25) is 9.88 Å². The Balaban J connectivity index is 0.00000147. The van der Waals surface area contributed by atoms with Crippen LogP contribution in [0.4, 0.5) is 0 Å². The zero-order valence-electron chi connectivity index (χ0n) is 11.6. The predicted molar refractivity (Wildman–Crippen MR) is 86.6 cm³/mol. The van der Waals surface area contributed by atoms with Crippen LogP contribution >= 0.6 is 23.7 Å². The SMILES string of the molecule is Cc1ccc(CN2CCNCC2c2cccnc2)s1.Cl. The zero-order valence-corrected chi connectivity index (χ0v) is 13.2. The lowest BCUT2D eigenvalue weighted by molar-refractivity contribution is 0.155. The third-order valence-corrected chi connectivity index (χ3v) is 4.56. The molecule has 3 rings (SSSR count). The van der Waals surface area contributed by atoms with Crippen molar-refractivity contribution in [3.63, 3.8) is 0 Å². The highest BCUT2D eigenvalue weighted by atomic mass is 35.5. The molecule has 0 spiro atoms. The van der Waals surface area contributed by atoms with E-state index in [0.29, 0.717) is 6.04 Å². The second-order valence-electron chi connectivity index (χ2n) is 4.99. The average Bonchev–Trinajstić information content (AvgIpc) is 2.86. The van der Waals surface area contributed by atoms with Crippen molar-refractivity contribution in [1.29, 1.82) is 0 Å². The van der Waals surface area contributed by atoms with E-state index in [-0.39, 0.29) is 12.4 Å². The molecule has 2 aromatic heterocycles. The van der Waals surface area contributed by atoms with Crippen molar-refractivity contribution in [2.75, 3.05) is 19.6 Å². The summed E-state index contributed by atoms with van der Waals surface area (Å²) in [5.74, 6) is 0. The van der Waals surface area contributed by atoms with Crippen LogP contribution < -0.4 is 5.32 Å². The maximum absolute atomic E-state index is 4.25. The Hall–Kier alpha value is -0.940. The third kappa shape index (κ3) is 3.58. The van der Waals surface area contributed by atoms with E-state index < -0.39 is 0 Å². The molecule has 0 amide bonds. The lowest BCUT2D eigenvalue weighted by atomic mass is 10.1. The molecule has 3 nitrogen and oxygen atoms in total. The van der Waals surface area contributed by atoms with Gasteiger partial charge in [0.2, 0.25) is 0 Å². The highest BCUT2D eigenvalue weighted by Crippen LogP contribution is 2.25. The number of nitrogens with one attached hydrogen (secondary N) is 1. The van der Waals surface area contributed by atoms with Crippen LogP contribution in [-0.2, 0) is 6.54 Å². The molecule has 1 saturated heterocycles. The minimum Gasteiger partial charge on any atom is -0.314 e. The van der Waals surface area contributed by atoms with Gasteiger partial charge >= 0.3 is 0 Å². The standard InChI is InChI=1S/C15H19N3S.ClH/c1-12-4-5-14(19-12)11-18-8-7-17-10-15(18)13-3-2-6-16-9-13;/h2-6,9,15,17H,7-8,10-11H2,1H3;1H. The Morgan fingerprint density at radius 3 is 3.00 bits per heavy atom. The third-order valence-electron chi connectivity index (χ3n) is 3.58. The van der Waals surface area contributed by atoms with Crippen molar-refractivity contribution in [1.82, 2.24) is 15.2 Å². The normalized spacial score (nSPS) is 19.6. The van der Waals surface area contributed by atoms with Gasteiger partial charge in [0.05, 0.1) is 0 Å². The number of hydrogen-bond acceptors (Lipinski definition) is 4. The van der Waals surface area contributed by atoms with E-state index in [4.69, 9.17) is 0 Å². The number of nitrogens with zero attached hydrogens (tertiary/aromatic N) is 2. The number of hydrogen-bond donors (Lipinski definition) is 1. The van der Waals surface area contributed by atoms with E-state index in [2.05, 4.69) is 40.3 Å². The Kier molecular flexibility index (Phi) is 5.54. The molecular weight excluding hydrogens is 290 g/mol. The smallest absolute Gasteiger partial charge is 0.0492 e. The van der Waals surface area contributed by atoms with Gasteiger partial charge in [-0.15, -0.1) is 23.7 Å². The Morgan fingerprint density at radius 2 is 2.30 bits per heavy atom. The van der Waals surface area contributed by atoms with Crippen LogP contribution in [0, 0.1) is 6.92 Å². The number of pyridine rings is 1. The maximum atomic E-state index is 4.25. The summed E-state index contributed by atoms with van der Waals surface area (Å²) in [6.07, 6.45) is 3.83. The number of aromatic nitrogens is 1. The topological polar surface area (TPSA) is 28.2 Å². The van der Waals surface area contributed by atoms with Gasteiger partial charge in [-0.25, -0.2) is 0 Å². The number of aryl methyl sites for hydroxylation is 1. The fourth-order valence-electron chi connectivity index (χ4n) is 2.61. The highest BCUT2D eigenvalue weighted by Gasteiger charge is 2.24. The van der Waals surface area contributed by atoms with E-state index in [1.807, 2.05) is 29.8 Å². The molecule has 1 aliphatic rings. The van der Waals surface area contributed by atoms with Crippen molar-refractivity contribution < 1.29 is 0 Å². The molecule has 2 aromatic rings. The van der Waals surface area contributed by atoms with E-state index in [0.717, 1.165) is 26.2 Å². The lowest BCUT2D eigenvalue weighted by Crippen LogP contribution is -2.45. The molecule has 5 heteroatoms. The van der Waals surface area contributed by atoms with E-state index in [9.17, 15) is 0 Å². The van der Waals surface area contributed by atoms with Crippen molar-refractivity contribution in [3.05, 3.63) is 52.0 Å². The van der Waals surface area contributed by atoms with Gasteiger partial charge < -0.3 is 5.32 Å². The first kappa shape index (κ1) is 15.4.